The van der Waals surface area contributed by atoms with Gasteiger partial charge in [-0.2, -0.15) is 0 Å². The Bertz CT molecular complexity index is 3.25. The molecule has 4 heteroatoms. The Labute approximate surface area is 27.7 Å². The Kier molecular flexibility index (Phi) is 25.3. The fourth-order valence-electron chi connectivity index (χ4n) is 0. The summed E-state index contributed by atoms with van der Waals surface area (Å²) in [5.74, 6) is 0. The summed E-state index contributed by atoms with van der Waals surface area (Å²) in [6.45, 7) is 0. The summed E-state index contributed by atoms with van der Waals surface area (Å²) in [6, 6.07) is 0. The molecule has 0 aromatic rings. The molecular weight excluding hydrogens is 76.1 g/mol. The van der Waals surface area contributed by atoms with Crippen molar-refractivity contribution in [2.45, 2.75) is 0 Å². The molecule has 24 valence electrons. The second kappa shape index (κ2) is 11.3. The highest BCUT2D eigenvalue weighted by Gasteiger charge is 1.27. The van der Waals surface area contributed by atoms with Gasteiger partial charge in [0.2, 0.25) is 0 Å². The van der Waals surface area contributed by atoms with Crippen molar-refractivity contribution in [1.82, 2.24) is 0 Å². The van der Waals surface area contributed by atoms with Gasteiger partial charge < -0.3 is 0 Å². The van der Waals surface area contributed by atoms with Gasteiger partial charge in [0.1, 0.15) is 0 Å². The van der Waals surface area contributed by atoms with Gasteiger partial charge in [-0.05, 0) is 0 Å². The van der Waals surface area contributed by atoms with E-state index in [1.54, 1.807) is 0 Å². The van der Waals surface area contributed by atoms with E-state index in [2.05, 4.69) is 5.04 Å². The average molecular weight is 78.1 g/mol. The van der Waals surface area contributed by atoms with Crippen LogP contribution in [0.1, 0.15) is 0 Å². The molecule has 0 fully saturated rings. The Hall–Kier alpha value is 0.0969. The molecule has 0 atom stereocenters. The second-order valence-corrected chi connectivity index (χ2v) is 0.0816. The molecule has 0 spiro atoms. The van der Waals surface area contributed by atoms with Gasteiger partial charge in [0.25, 0.3) is 0 Å². The molecule has 0 aliphatic rings. The van der Waals surface area contributed by atoms with Gasteiger partial charge in [0.05, 0.1) is 0 Å². The maximum absolute atomic E-state index is 6.62. The van der Waals surface area contributed by atoms with Gasteiger partial charge in [-0.1, -0.05) is 5.04 Å². The van der Waals surface area contributed by atoms with E-state index in [1.807, 2.05) is 0 Å². The van der Waals surface area contributed by atoms with Crippen LogP contribution in [0.2, 0.25) is 0 Å². The molecule has 0 heterocycles. The summed E-state index contributed by atoms with van der Waals surface area (Å²) < 4.78 is 0. The van der Waals surface area contributed by atoms with Crippen molar-refractivity contribution in [2.24, 2.45) is 0 Å². The fourth-order valence-corrected chi connectivity index (χ4v) is 0. The van der Waals surface area contributed by atoms with Crippen molar-refractivity contribution >= 4 is 11.0 Å². The first-order valence-corrected chi connectivity index (χ1v) is 0.365. The van der Waals surface area contributed by atoms with Crippen molar-refractivity contribution in [2.75, 3.05) is 0 Å². The molecule has 0 saturated heterocycles. The monoisotopic (exact) mass is 78.0 g/mol. The van der Waals surface area contributed by atoms with Crippen LogP contribution in [0.25, 0.3) is 0 Å². The lowest BCUT2D eigenvalue weighted by Gasteiger charge is -1.56. The highest BCUT2D eigenvalue weighted by atomic mass is 28.1. The summed E-state index contributed by atoms with van der Waals surface area (Å²) in [5, 5.41) is 15.5. The van der Waals surface area contributed by atoms with Gasteiger partial charge in [-0.3, -0.25) is 0 Å². The molecule has 0 bridgehead atoms. The van der Waals surface area contributed by atoms with Gasteiger partial charge in [-0.25, -0.2) is 10.5 Å². The van der Waals surface area contributed by atoms with E-state index in [0.717, 1.165) is 0 Å². The molecular formula is H2O3Si. The molecule has 4 heavy (non-hydrogen) atoms. The predicted octanol–water partition coefficient (Wildman–Crippen LogP) is -0.432. The Morgan fingerprint density at radius 3 is 1.25 bits per heavy atom. The van der Waals surface area contributed by atoms with E-state index in [-0.39, 0.29) is 11.0 Å². The van der Waals surface area contributed by atoms with Crippen molar-refractivity contribution in [1.29, 1.82) is 0 Å². The number of rotatable bonds is 0. The third-order valence-corrected chi connectivity index (χ3v) is 0. The molecule has 0 unspecified atom stereocenters. The maximum Gasteiger partial charge on any atom is 0 e. The quantitative estimate of drug-likeness (QED) is 0.235. The Balaban J connectivity index is 0. The van der Waals surface area contributed by atoms with Gasteiger partial charge in [0.15, 0.2) is 0 Å². The standard InChI is InChI=1S/H2O3.Si/c1-3-2;/h1-2H;. The molecule has 2 N–H and O–H groups in total. The minimum atomic E-state index is 0. The lowest BCUT2D eigenvalue weighted by atomic mass is 14.6. The van der Waals surface area contributed by atoms with E-state index in [1.165, 1.54) is 0 Å². The Morgan fingerprint density at radius 2 is 1.25 bits per heavy atom. The zero-order valence-corrected chi connectivity index (χ0v) is 2.80. The van der Waals surface area contributed by atoms with Crippen LogP contribution in [0.3, 0.4) is 0 Å². The minimum absolute atomic E-state index is 0. The van der Waals surface area contributed by atoms with Gasteiger partial charge in [-0.15, -0.1) is 0 Å². The largest absolute Gasteiger partial charge is 0.221 e. The lowest BCUT2D eigenvalue weighted by Crippen LogP contribution is -1.60. The highest BCUT2D eigenvalue weighted by molar-refractivity contribution is 5.75. The molecule has 0 saturated carbocycles. The van der Waals surface area contributed by atoms with E-state index in [9.17, 15) is 0 Å². The molecule has 3 nitrogen and oxygen atoms in total. The summed E-state index contributed by atoms with van der Waals surface area (Å²) in [4.78, 5) is 0. The van der Waals surface area contributed by atoms with Crippen molar-refractivity contribution in [3.8, 4) is 0 Å². The van der Waals surface area contributed by atoms with Crippen molar-refractivity contribution in [3.63, 3.8) is 0 Å². The summed E-state index contributed by atoms with van der Waals surface area (Å²) in [5.41, 5.74) is 0. The van der Waals surface area contributed by atoms with E-state index < -0.39 is 0 Å². The van der Waals surface area contributed by atoms with Crippen LogP contribution in [0.15, 0.2) is 0 Å². The maximum atomic E-state index is 6.62. The van der Waals surface area contributed by atoms with E-state index in [0.29, 0.717) is 0 Å². The molecule has 0 aliphatic carbocycles. The summed E-state index contributed by atoms with van der Waals surface area (Å²) >= 11 is 0. The normalized spacial score (nSPS) is 4.50. The zero-order chi connectivity index (χ0) is 2.71. The van der Waals surface area contributed by atoms with E-state index >= 15 is 0 Å². The van der Waals surface area contributed by atoms with Crippen LogP contribution < -0.4 is 0 Å². The predicted molar refractivity (Wildman–Crippen MR) is 12.1 cm³/mol. The highest BCUT2D eigenvalue weighted by Crippen LogP contribution is 1.24. The van der Waals surface area contributed by atoms with Crippen molar-refractivity contribution in [3.05, 3.63) is 0 Å². The first kappa shape index (κ1) is 8.94. The molecule has 0 aliphatic heterocycles. The zero-order valence-electron chi connectivity index (χ0n) is 1.80. The minimum Gasteiger partial charge on any atom is -0.221 e. The lowest BCUT2D eigenvalue weighted by molar-refractivity contribution is -0.465. The van der Waals surface area contributed by atoms with E-state index in [4.69, 9.17) is 10.5 Å². The topological polar surface area (TPSA) is 49.7 Å². The summed E-state index contributed by atoms with van der Waals surface area (Å²) in [6.07, 6.45) is 0. The number of hydrogen-bond acceptors (Lipinski definition) is 3. The van der Waals surface area contributed by atoms with Crippen LogP contribution >= 0.6 is 0 Å². The molecule has 0 aromatic carbocycles. The molecule has 0 rings (SSSR count). The first-order valence-electron chi connectivity index (χ1n) is 0.365. The Morgan fingerprint density at radius 1 is 1.25 bits per heavy atom. The molecule has 0 aromatic heterocycles. The third kappa shape index (κ3) is 269. The van der Waals surface area contributed by atoms with Crippen LogP contribution in [0.5, 0.6) is 0 Å². The molecule has 4 radical (unpaired) electrons. The van der Waals surface area contributed by atoms with Gasteiger partial charge in [0, 0.05) is 11.0 Å². The fraction of sp³-hybridized carbons (Fsp3) is 0. The van der Waals surface area contributed by atoms with Crippen LogP contribution in [-0.4, -0.2) is 21.5 Å². The second-order valence-electron chi connectivity index (χ2n) is 0.0816. The van der Waals surface area contributed by atoms with Crippen LogP contribution in [0.4, 0.5) is 0 Å². The van der Waals surface area contributed by atoms with Crippen LogP contribution in [0, 0.1) is 0 Å². The molecule has 0 amide bonds. The van der Waals surface area contributed by atoms with Crippen molar-refractivity contribution < 1.29 is 15.6 Å². The third-order valence-electron chi connectivity index (χ3n) is 0. The average Bonchev–Trinajstić information content (AvgIpc) is 0.918. The van der Waals surface area contributed by atoms with Crippen LogP contribution in [-0.2, 0) is 5.04 Å². The summed E-state index contributed by atoms with van der Waals surface area (Å²) in [7, 11) is 0. The number of hydrogen-bond donors (Lipinski definition) is 2. The first-order chi connectivity index (χ1) is 1.41. The van der Waals surface area contributed by atoms with Gasteiger partial charge >= 0.3 is 0 Å². The SMILES string of the molecule is OOO.[Si]. The smallest absolute Gasteiger partial charge is 0 e.